The number of morpholine rings is 1. The van der Waals surface area contributed by atoms with Gasteiger partial charge in [0.05, 0.1) is 12.2 Å². The van der Waals surface area contributed by atoms with E-state index in [1.54, 1.807) is 0 Å². The molecule has 2 atom stereocenters. The Morgan fingerprint density at radius 1 is 0.964 bits per heavy atom. The maximum absolute atomic E-state index is 12.9. The molecular formula is C24H34N2O2. The molecule has 1 aromatic carbocycles. The minimum absolute atomic E-state index is 0.123. The van der Waals surface area contributed by atoms with Crippen LogP contribution in [-0.4, -0.2) is 42.1 Å². The number of carbonyl (C=O) groups excluding carboxylic acids is 1. The second kappa shape index (κ2) is 7.46. The van der Waals surface area contributed by atoms with Crippen LogP contribution >= 0.6 is 0 Å². The van der Waals surface area contributed by atoms with Gasteiger partial charge in [-0.2, -0.15) is 0 Å². The molecule has 1 heterocycles. The second-order valence-electron chi connectivity index (χ2n) is 10.1. The van der Waals surface area contributed by atoms with Crippen molar-refractivity contribution in [1.29, 1.82) is 0 Å². The molecule has 4 bridgehead atoms. The molecule has 1 N–H and O–H groups in total. The zero-order valence-corrected chi connectivity index (χ0v) is 17.3. The fourth-order valence-electron chi connectivity index (χ4n) is 6.83. The fourth-order valence-corrected chi connectivity index (χ4v) is 6.83. The maximum Gasteiger partial charge on any atom is 0.251 e. The van der Waals surface area contributed by atoms with Crippen LogP contribution in [0.25, 0.3) is 0 Å². The number of ether oxygens (including phenoxy) is 1. The number of amides is 1. The Kier molecular flexibility index (Phi) is 4.96. The molecule has 28 heavy (non-hydrogen) atoms. The smallest absolute Gasteiger partial charge is 0.251 e. The lowest BCUT2D eigenvalue weighted by Crippen LogP contribution is -2.55. The van der Waals surface area contributed by atoms with Crippen LogP contribution in [0, 0.1) is 23.7 Å². The number of benzene rings is 1. The molecule has 1 amide bonds. The molecule has 6 rings (SSSR count). The highest BCUT2D eigenvalue weighted by atomic mass is 16.5. The molecule has 1 saturated heterocycles. The van der Waals surface area contributed by atoms with Crippen molar-refractivity contribution < 1.29 is 9.53 Å². The summed E-state index contributed by atoms with van der Waals surface area (Å²) >= 11 is 0. The summed E-state index contributed by atoms with van der Waals surface area (Å²) in [7, 11) is 0. The summed E-state index contributed by atoms with van der Waals surface area (Å²) in [6.07, 6.45) is 7.39. The van der Waals surface area contributed by atoms with Gasteiger partial charge in [-0.25, -0.2) is 0 Å². The largest absolute Gasteiger partial charge is 0.373 e. The Labute approximate surface area is 169 Å². The van der Waals surface area contributed by atoms with E-state index in [0.717, 1.165) is 48.9 Å². The predicted octanol–water partition coefficient (Wildman–Crippen LogP) is 3.85. The third-order valence-corrected chi connectivity index (χ3v) is 7.64. The number of carbonyl (C=O) groups is 1. The molecular weight excluding hydrogens is 348 g/mol. The van der Waals surface area contributed by atoms with Crippen molar-refractivity contribution in [3.63, 3.8) is 0 Å². The summed E-state index contributed by atoms with van der Waals surface area (Å²) in [5.41, 5.74) is 2.08. The van der Waals surface area contributed by atoms with Gasteiger partial charge < -0.3 is 10.1 Å². The minimum Gasteiger partial charge on any atom is -0.373 e. The lowest BCUT2D eigenvalue weighted by atomic mass is 9.54. The van der Waals surface area contributed by atoms with E-state index in [1.165, 1.54) is 37.7 Å². The summed E-state index contributed by atoms with van der Waals surface area (Å²) in [6.45, 7) is 7.15. The van der Waals surface area contributed by atoms with Crippen molar-refractivity contribution in [3.8, 4) is 0 Å². The van der Waals surface area contributed by atoms with E-state index in [4.69, 9.17) is 4.74 Å². The van der Waals surface area contributed by atoms with Crippen LogP contribution in [0.15, 0.2) is 24.3 Å². The van der Waals surface area contributed by atoms with E-state index in [0.29, 0.717) is 6.04 Å². The molecule has 4 saturated carbocycles. The van der Waals surface area contributed by atoms with E-state index in [9.17, 15) is 4.79 Å². The van der Waals surface area contributed by atoms with E-state index >= 15 is 0 Å². The van der Waals surface area contributed by atoms with Crippen molar-refractivity contribution in [2.45, 2.75) is 70.7 Å². The molecule has 4 nitrogen and oxygen atoms in total. The highest BCUT2D eigenvalue weighted by molar-refractivity contribution is 5.94. The Balaban J connectivity index is 1.19. The lowest BCUT2D eigenvalue weighted by molar-refractivity contribution is -0.0704. The van der Waals surface area contributed by atoms with Crippen molar-refractivity contribution in [2.75, 3.05) is 13.1 Å². The van der Waals surface area contributed by atoms with Crippen molar-refractivity contribution >= 4 is 5.91 Å². The maximum atomic E-state index is 12.9. The van der Waals surface area contributed by atoms with Crippen LogP contribution in [0.3, 0.4) is 0 Å². The van der Waals surface area contributed by atoms with Crippen molar-refractivity contribution in [3.05, 3.63) is 35.4 Å². The van der Waals surface area contributed by atoms with Gasteiger partial charge in [0.15, 0.2) is 0 Å². The van der Waals surface area contributed by atoms with Gasteiger partial charge >= 0.3 is 0 Å². The van der Waals surface area contributed by atoms with Gasteiger partial charge in [-0.1, -0.05) is 12.1 Å². The first-order valence-electron chi connectivity index (χ1n) is 11.3. The van der Waals surface area contributed by atoms with Gasteiger partial charge in [-0.15, -0.1) is 0 Å². The number of nitrogens with zero attached hydrogens (tertiary/aromatic N) is 1. The molecule has 5 fully saturated rings. The minimum atomic E-state index is 0.123. The normalized spacial score (nSPS) is 39.9. The molecule has 1 aliphatic heterocycles. The summed E-state index contributed by atoms with van der Waals surface area (Å²) < 4.78 is 5.82. The first-order chi connectivity index (χ1) is 13.5. The van der Waals surface area contributed by atoms with E-state index in [-0.39, 0.29) is 18.1 Å². The Morgan fingerprint density at radius 2 is 1.54 bits per heavy atom. The Morgan fingerprint density at radius 3 is 2.11 bits per heavy atom. The van der Waals surface area contributed by atoms with Crippen LogP contribution in [0.4, 0.5) is 0 Å². The van der Waals surface area contributed by atoms with Crippen LogP contribution in [0.1, 0.15) is 61.9 Å². The zero-order valence-electron chi connectivity index (χ0n) is 17.3. The molecule has 1 aromatic rings. The van der Waals surface area contributed by atoms with E-state index in [2.05, 4.69) is 36.2 Å². The zero-order chi connectivity index (χ0) is 19.3. The molecule has 0 spiro atoms. The third kappa shape index (κ3) is 3.73. The summed E-state index contributed by atoms with van der Waals surface area (Å²) in [4.78, 5) is 15.3. The molecule has 4 aliphatic carbocycles. The summed E-state index contributed by atoms with van der Waals surface area (Å²) in [5.74, 6) is 3.47. The topological polar surface area (TPSA) is 41.6 Å². The summed E-state index contributed by atoms with van der Waals surface area (Å²) in [6, 6.07) is 8.67. The predicted molar refractivity (Wildman–Crippen MR) is 110 cm³/mol. The Bertz CT molecular complexity index is 678. The van der Waals surface area contributed by atoms with Crippen molar-refractivity contribution in [1.82, 2.24) is 10.2 Å². The van der Waals surface area contributed by atoms with Crippen LogP contribution in [0.2, 0.25) is 0 Å². The lowest BCUT2D eigenvalue weighted by Gasteiger charge is -2.54. The average molecular weight is 383 g/mol. The number of hydrogen-bond acceptors (Lipinski definition) is 3. The third-order valence-electron chi connectivity index (χ3n) is 7.64. The number of hydrogen-bond donors (Lipinski definition) is 1. The molecule has 4 heteroatoms. The first-order valence-corrected chi connectivity index (χ1v) is 11.3. The molecule has 0 radical (unpaired) electrons. The Hall–Kier alpha value is -1.39. The van der Waals surface area contributed by atoms with Crippen molar-refractivity contribution in [2.24, 2.45) is 23.7 Å². The molecule has 0 aromatic heterocycles. The second-order valence-corrected chi connectivity index (χ2v) is 10.1. The first kappa shape index (κ1) is 18.6. The van der Waals surface area contributed by atoms with E-state index in [1.807, 2.05) is 12.1 Å². The average Bonchev–Trinajstić information content (AvgIpc) is 2.64. The van der Waals surface area contributed by atoms with Gasteiger partial charge in [-0.3, -0.25) is 9.69 Å². The SMILES string of the molecule is CC1CN(Cc2ccc(C(=O)NC3C4CC5CC(C4)CC3C5)cc2)CC(C)O1. The molecule has 152 valence electrons. The standard InChI is InChI=1S/C24H34N2O2/c1-15-12-26(13-16(2)28-15)14-17-3-5-20(6-4-17)24(27)25-23-21-8-18-7-19(10-21)11-22(23)9-18/h3-6,15-16,18-19,21-23H,7-14H2,1-2H3,(H,25,27). The van der Waals surface area contributed by atoms with E-state index < -0.39 is 0 Å². The quantitative estimate of drug-likeness (QED) is 0.860. The highest BCUT2D eigenvalue weighted by Crippen LogP contribution is 2.53. The highest BCUT2D eigenvalue weighted by Gasteiger charge is 2.48. The number of rotatable bonds is 4. The monoisotopic (exact) mass is 382 g/mol. The summed E-state index contributed by atoms with van der Waals surface area (Å²) in [5, 5.41) is 3.42. The van der Waals surface area contributed by atoms with Gasteiger partial charge in [0.25, 0.3) is 5.91 Å². The molecule has 5 aliphatic rings. The van der Waals surface area contributed by atoms with Crippen LogP contribution < -0.4 is 5.32 Å². The van der Waals surface area contributed by atoms with Gasteiger partial charge in [0.2, 0.25) is 0 Å². The van der Waals surface area contributed by atoms with Gasteiger partial charge in [0, 0.05) is 31.2 Å². The fraction of sp³-hybridized carbons (Fsp3) is 0.708. The van der Waals surface area contributed by atoms with Gasteiger partial charge in [-0.05, 0) is 87.3 Å². The molecule has 2 unspecified atom stereocenters. The number of nitrogens with one attached hydrogen (secondary N) is 1. The van der Waals surface area contributed by atoms with Crippen LogP contribution in [-0.2, 0) is 11.3 Å². The van der Waals surface area contributed by atoms with Gasteiger partial charge in [0.1, 0.15) is 0 Å². The van der Waals surface area contributed by atoms with Crippen LogP contribution in [0.5, 0.6) is 0 Å².